The van der Waals surface area contributed by atoms with Crippen molar-refractivity contribution in [3.05, 3.63) is 70.2 Å². The van der Waals surface area contributed by atoms with Crippen LogP contribution in [0, 0.1) is 0 Å². The van der Waals surface area contributed by atoms with Gasteiger partial charge in [-0.1, -0.05) is 82.3 Å². The van der Waals surface area contributed by atoms with E-state index in [1.165, 1.54) is 22.7 Å². The van der Waals surface area contributed by atoms with Gasteiger partial charge in [-0.15, -0.1) is 20.4 Å². The Hall–Kier alpha value is -2.92. The molecule has 8 nitrogen and oxygen atoms in total. The molecule has 12 heteroatoms. The predicted molar refractivity (Wildman–Crippen MR) is 126 cm³/mol. The van der Waals surface area contributed by atoms with E-state index in [1.54, 1.807) is 9.03 Å². The smallest absolute Gasteiger partial charge is 0.187 e. The van der Waals surface area contributed by atoms with Gasteiger partial charge in [-0.05, 0) is 12.1 Å². The van der Waals surface area contributed by atoms with E-state index < -0.39 is 0 Å². The lowest BCUT2D eigenvalue weighted by Crippen LogP contribution is -2.03. The first-order valence-electron chi connectivity index (χ1n) is 9.59. The van der Waals surface area contributed by atoms with Crippen LogP contribution in [-0.2, 0) is 12.8 Å². The third-order valence-corrected chi connectivity index (χ3v) is 7.41. The van der Waals surface area contributed by atoms with Crippen LogP contribution < -0.4 is 0 Å². The van der Waals surface area contributed by atoms with Gasteiger partial charge >= 0.3 is 0 Å². The quantitative estimate of drug-likeness (QED) is 0.328. The van der Waals surface area contributed by atoms with Gasteiger partial charge in [0.2, 0.25) is 9.92 Å². The van der Waals surface area contributed by atoms with Crippen molar-refractivity contribution >= 4 is 55.8 Å². The number of halogens is 2. The average Bonchev–Trinajstić information content (AvgIpc) is 3.54. The van der Waals surface area contributed by atoms with Crippen LogP contribution in [0.1, 0.15) is 11.6 Å². The van der Waals surface area contributed by atoms with Crippen LogP contribution in [0.2, 0.25) is 10.0 Å². The van der Waals surface area contributed by atoms with E-state index in [4.69, 9.17) is 23.2 Å². The predicted octanol–water partition coefficient (Wildman–Crippen LogP) is 5.11. The van der Waals surface area contributed by atoms with E-state index in [1.807, 2.05) is 48.5 Å². The van der Waals surface area contributed by atoms with Crippen molar-refractivity contribution in [3.8, 4) is 21.1 Å². The lowest BCUT2D eigenvalue weighted by molar-refractivity contribution is 0.738. The fraction of sp³-hybridized carbons (Fsp3) is 0.100. The zero-order valence-corrected chi connectivity index (χ0v) is 19.3. The van der Waals surface area contributed by atoms with Gasteiger partial charge in [0.1, 0.15) is 10.0 Å². The van der Waals surface area contributed by atoms with E-state index in [-0.39, 0.29) is 0 Å². The molecule has 0 aliphatic rings. The molecule has 32 heavy (non-hydrogen) atoms. The SMILES string of the molecule is Clc1ccccc1-c1nn2c(CCc3nnc4sc(-c5ccccc5Cl)nn34)nnc2s1. The number of rotatable bonds is 5. The number of benzene rings is 2. The Labute approximate surface area is 199 Å². The Morgan fingerprint density at radius 3 is 1.50 bits per heavy atom. The molecular weight excluding hydrogens is 487 g/mol. The van der Waals surface area contributed by atoms with Crippen molar-refractivity contribution in [2.24, 2.45) is 0 Å². The lowest BCUT2D eigenvalue weighted by atomic mass is 10.2. The van der Waals surface area contributed by atoms with Crippen LogP contribution in [0.25, 0.3) is 31.1 Å². The molecule has 0 radical (unpaired) electrons. The minimum atomic E-state index is 0.590. The van der Waals surface area contributed by atoms with E-state index in [0.29, 0.717) is 22.9 Å². The summed E-state index contributed by atoms with van der Waals surface area (Å²) in [7, 11) is 0. The van der Waals surface area contributed by atoms with Crippen LogP contribution in [0.15, 0.2) is 48.5 Å². The van der Waals surface area contributed by atoms with Gasteiger partial charge in [-0.25, -0.2) is 0 Å². The second-order valence-corrected chi connectivity index (χ2v) is 9.62. The maximum Gasteiger partial charge on any atom is 0.234 e. The second-order valence-electron chi connectivity index (χ2n) is 6.90. The van der Waals surface area contributed by atoms with Crippen LogP contribution in [-0.4, -0.2) is 39.6 Å². The molecule has 0 bridgehead atoms. The van der Waals surface area contributed by atoms with Gasteiger partial charge < -0.3 is 0 Å². The first-order chi connectivity index (χ1) is 15.7. The number of aromatic nitrogens is 8. The van der Waals surface area contributed by atoms with Crippen LogP contribution in [0.5, 0.6) is 0 Å². The minimum Gasteiger partial charge on any atom is -0.187 e. The van der Waals surface area contributed by atoms with Crippen molar-refractivity contribution < 1.29 is 0 Å². The molecule has 0 aliphatic heterocycles. The number of aryl methyl sites for hydroxylation is 2. The highest BCUT2D eigenvalue weighted by atomic mass is 35.5. The van der Waals surface area contributed by atoms with E-state index >= 15 is 0 Å². The molecule has 0 spiro atoms. The third-order valence-electron chi connectivity index (χ3n) is 4.89. The average molecular weight is 499 g/mol. The molecule has 4 heterocycles. The van der Waals surface area contributed by atoms with Gasteiger partial charge in [0.05, 0.1) is 10.0 Å². The van der Waals surface area contributed by atoms with E-state index in [9.17, 15) is 0 Å². The summed E-state index contributed by atoms with van der Waals surface area (Å²) < 4.78 is 3.52. The zero-order valence-electron chi connectivity index (χ0n) is 16.2. The summed E-state index contributed by atoms with van der Waals surface area (Å²) in [5, 5.41) is 29.4. The Bertz CT molecular complexity index is 1460. The standard InChI is InChI=1S/C20H12Cl2N8S2/c21-13-7-3-1-5-11(13)17-27-29-15(23-25-19(29)31-17)9-10-16-24-26-20-30(16)28-18(32-20)12-6-2-4-8-14(12)22/h1-8H,9-10H2. The van der Waals surface area contributed by atoms with Crippen molar-refractivity contribution in [2.75, 3.05) is 0 Å². The molecule has 158 valence electrons. The third kappa shape index (κ3) is 3.36. The maximum absolute atomic E-state index is 6.32. The van der Waals surface area contributed by atoms with Crippen LogP contribution in [0.4, 0.5) is 0 Å². The molecule has 0 saturated heterocycles. The summed E-state index contributed by atoms with van der Waals surface area (Å²) in [6, 6.07) is 15.2. The maximum atomic E-state index is 6.32. The van der Waals surface area contributed by atoms with Crippen molar-refractivity contribution in [1.29, 1.82) is 0 Å². The first kappa shape index (κ1) is 19.7. The van der Waals surface area contributed by atoms with Crippen molar-refractivity contribution in [1.82, 2.24) is 39.6 Å². The number of hydrogen-bond donors (Lipinski definition) is 0. The molecule has 0 aliphatic carbocycles. The number of fused-ring (bicyclic) bond motifs is 2. The largest absolute Gasteiger partial charge is 0.234 e. The highest BCUT2D eigenvalue weighted by Gasteiger charge is 2.18. The van der Waals surface area contributed by atoms with E-state index in [0.717, 1.165) is 42.7 Å². The zero-order chi connectivity index (χ0) is 21.7. The van der Waals surface area contributed by atoms with E-state index in [2.05, 4.69) is 30.6 Å². The molecule has 0 atom stereocenters. The molecule has 0 fully saturated rings. The van der Waals surface area contributed by atoms with Crippen molar-refractivity contribution in [2.45, 2.75) is 12.8 Å². The van der Waals surface area contributed by atoms with Gasteiger partial charge in [-0.3, -0.25) is 0 Å². The van der Waals surface area contributed by atoms with Gasteiger partial charge in [0.15, 0.2) is 11.6 Å². The van der Waals surface area contributed by atoms with Crippen molar-refractivity contribution in [3.63, 3.8) is 0 Å². The molecule has 6 rings (SSSR count). The topological polar surface area (TPSA) is 86.2 Å². The normalized spacial score (nSPS) is 11.7. The molecule has 0 unspecified atom stereocenters. The van der Waals surface area contributed by atoms with Crippen LogP contribution in [0.3, 0.4) is 0 Å². The molecule has 0 N–H and O–H groups in total. The monoisotopic (exact) mass is 498 g/mol. The number of nitrogens with zero attached hydrogens (tertiary/aromatic N) is 8. The summed E-state index contributed by atoms with van der Waals surface area (Å²) in [5.41, 5.74) is 1.76. The minimum absolute atomic E-state index is 0.590. The fourth-order valence-corrected chi connectivity index (χ4v) is 5.70. The van der Waals surface area contributed by atoms with Crippen LogP contribution >= 0.6 is 45.9 Å². The molecule has 6 aromatic rings. The first-order valence-corrected chi connectivity index (χ1v) is 12.0. The summed E-state index contributed by atoms with van der Waals surface area (Å²) >= 11 is 15.5. The summed E-state index contributed by atoms with van der Waals surface area (Å²) in [6.45, 7) is 0. The lowest BCUT2D eigenvalue weighted by Gasteiger charge is -1.99. The number of hydrogen-bond acceptors (Lipinski definition) is 8. The summed E-state index contributed by atoms with van der Waals surface area (Å²) in [4.78, 5) is 1.44. The Morgan fingerprint density at radius 2 is 1.06 bits per heavy atom. The summed E-state index contributed by atoms with van der Waals surface area (Å²) in [5.74, 6) is 1.49. The Morgan fingerprint density at radius 1 is 0.625 bits per heavy atom. The van der Waals surface area contributed by atoms with Gasteiger partial charge in [0, 0.05) is 24.0 Å². The highest BCUT2D eigenvalue weighted by Crippen LogP contribution is 2.32. The molecule has 4 aromatic heterocycles. The Kier molecular flexibility index (Phi) is 4.87. The fourth-order valence-electron chi connectivity index (χ4n) is 3.34. The molecule has 0 saturated carbocycles. The second kappa shape index (κ2) is 7.89. The van der Waals surface area contributed by atoms with Gasteiger partial charge in [-0.2, -0.15) is 19.2 Å². The highest BCUT2D eigenvalue weighted by molar-refractivity contribution is 7.20. The molecular formula is C20H12Cl2N8S2. The Balaban J connectivity index is 1.28. The molecule has 2 aromatic carbocycles. The summed E-state index contributed by atoms with van der Waals surface area (Å²) in [6.07, 6.45) is 1.18. The van der Waals surface area contributed by atoms with Gasteiger partial charge in [0.25, 0.3) is 0 Å². The molecule has 0 amide bonds.